The highest BCUT2D eigenvalue weighted by atomic mass is 16.1. The zero-order valence-corrected chi connectivity index (χ0v) is 10.4. The predicted molar refractivity (Wildman–Crippen MR) is 67.6 cm³/mol. The van der Waals surface area contributed by atoms with Crippen molar-refractivity contribution in [2.24, 2.45) is 11.7 Å². The summed E-state index contributed by atoms with van der Waals surface area (Å²) < 4.78 is 0. The van der Waals surface area contributed by atoms with Crippen LogP contribution in [0.1, 0.15) is 43.1 Å². The molecule has 1 unspecified atom stereocenters. The molecule has 0 saturated carbocycles. The van der Waals surface area contributed by atoms with Gasteiger partial charge in [0.2, 0.25) is 0 Å². The van der Waals surface area contributed by atoms with E-state index in [9.17, 15) is 4.79 Å². The first-order chi connectivity index (χ1) is 7.50. The molecule has 0 bridgehead atoms. The maximum absolute atomic E-state index is 11.6. The zero-order valence-electron chi connectivity index (χ0n) is 10.4. The minimum atomic E-state index is -0.415. The topological polar surface area (TPSA) is 43.1 Å². The van der Waals surface area contributed by atoms with E-state index in [-0.39, 0.29) is 5.78 Å². The van der Waals surface area contributed by atoms with Crippen LogP contribution in [0.4, 0.5) is 0 Å². The summed E-state index contributed by atoms with van der Waals surface area (Å²) in [6.07, 6.45) is 2.25. The highest BCUT2D eigenvalue weighted by Crippen LogP contribution is 2.11. The van der Waals surface area contributed by atoms with E-state index in [2.05, 4.69) is 13.8 Å². The van der Waals surface area contributed by atoms with Gasteiger partial charge in [0, 0.05) is 5.56 Å². The maximum Gasteiger partial charge on any atom is 0.179 e. The molecule has 0 aliphatic heterocycles. The fourth-order valence-corrected chi connectivity index (χ4v) is 1.55. The number of hydrogen-bond donors (Lipinski definition) is 1. The second-order valence-corrected chi connectivity index (χ2v) is 4.78. The van der Waals surface area contributed by atoms with Crippen LogP contribution < -0.4 is 5.73 Å². The van der Waals surface area contributed by atoms with Crippen LogP contribution in [0.3, 0.4) is 0 Å². The zero-order chi connectivity index (χ0) is 12.1. The van der Waals surface area contributed by atoms with Crippen LogP contribution in [0.25, 0.3) is 0 Å². The molecule has 0 amide bonds. The first kappa shape index (κ1) is 12.9. The van der Waals surface area contributed by atoms with Crippen LogP contribution in [-0.4, -0.2) is 11.8 Å². The van der Waals surface area contributed by atoms with Crippen molar-refractivity contribution in [3.63, 3.8) is 0 Å². The molecule has 0 heterocycles. The highest BCUT2D eigenvalue weighted by molar-refractivity contribution is 5.99. The molecule has 0 aliphatic carbocycles. The van der Waals surface area contributed by atoms with E-state index >= 15 is 0 Å². The Kier molecular flexibility index (Phi) is 4.69. The maximum atomic E-state index is 11.6. The van der Waals surface area contributed by atoms with Gasteiger partial charge in [-0.05, 0) is 31.2 Å². The molecule has 0 aliphatic rings. The smallest absolute Gasteiger partial charge is 0.179 e. The van der Waals surface area contributed by atoms with Gasteiger partial charge in [0.05, 0.1) is 6.04 Å². The van der Waals surface area contributed by atoms with Gasteiger partial charge in [-0.15, -0.1) is 0 Å². The quantitative estimate of drug-likeness (QED) is 0.774. The third kappa shape index (κ3) is 3.78. The normalized spacial score (nSPS) is 12.8. The fraction of sp³-hybridized carbons (Fsp3) is 0.500. The Morgan fingerprint density at radius 2 is 1.75 bits per heavy atom. The number of benzene rings is 1. The lowest BCUT2D eigenvalue weighted by molar-refractivity contribution is 0.0968. The monoisotopic (exact) mass is 219 g/mol. The first-order valence-electron chi connectivity index (χ1n) is 5.89. The molecule has 0 spiro atoms. The van der Waals surface area contributed by atoms with Crippen LogP contribution in [0.5, 0.6) is 0 Å². The van der Waals surface area contributed by atoms with Crippen molar-refractivity contribution in [2.45, 2.75) is 39.7 Å². The fourth-order valence-electron chi connectivity index (χ4n) is 1.55. The summed E-state index contributed by atoms with van der Waals surface area (Å²) >= 11 is 0. The van der Waals surface area contributed by atoms with E-state index in [4.69, 9.17) is 5.73 Å². The van der Waals surface area contributed by atoms with Crippen molar-refractivity contribution < 1.29 is 4.79 Å². The summed E-state index contributed by atoms with van der Waals surface area (Å²) in [7, 11) is 0. The van der Waals surface area contributed by atoms with Gasteiger partial charge < -0.3 is 5.73 Å². The number of Topliss-reactive ketones (excluding diaryl/α,β-unsaturated/α-hetero) is 1. The van der Waals surface area contributed by atoms with E-state index in [0.29, 0.717) is 11.5 Å². The SMILES string of the molecule is CC(C)CCc1ccc(C(=O)C(C)N)cc1. The molecule has 88 valence electrons. The van der Waals surface area contributed by atoms with E-state index in [1.165, 1.54) is 12.0 Å². The minimum Gasteiger partial charge on any atom is -0.321 e. The van der Waals surface area contributed by atoms with Crippen molar-refractivity contribution in [1.82, 2.24) is 0 Å². The van der Waals surface area contributed by atoms with Gasteiger partial charge in [0.1, 0.15) is 0 Å². The Hall–Kier alpha value is -1.15. The van der Waals surface area contributed by atoms with Crippen LogP contribution in [-0.2, 0) is 6.42 Å². The molecule has 1 atom stereocenters. The van der Waals surface area contributed by atoms with E-state index in [1.54, 1.807) is 6.92 Å². The van der Waals surface area contributed by atoms with Gasteiger partial charge in [-0.1, -0.05) is 38.1 Å². The number of ketones is 1. The standard InChI is InChI=1S/C14H21NO/c1-10(2)4-5-12-6-8-13(9-7-12)14(16)11(3)15/h6-11H,4-5,15H2,1-3H3. The number of carbonyl (C=O) groups excluding carboxylic acids is 1. The van der Waals surface area contributed by atoms with E-state index in [1.807, 2.05) is 24.3 Å². The van der Waals surface area contributed by atoms with Gasteiger partial charge in [-0.25, -0.2) is 0 Å². The minimum absolute atomic E-state index is 0.00964. The molecule has 2 nitrogen and oxygen atoms in total. The number of hydrogen-bond acceptors (Lipinski definition) is 2. The van der Waals surface area contributed by atoms with Gasteiger partial charge in [0.25, 0.3) is 0 Å². The third-order valence-corrected chi connectivity index (χ3v) is 2.66. The molecule has 0 saturated heterocycles. The molecular formula is C14H21NO. The summed E-state index contributed by atoms with van der Waals surface area (Å²) in [4.78, 5) is 11.6. The van der Waals surface area contributed by atoms with Crippen molar-refractivity contribution in [3.05, 3.63) is 35.4 Å². The number of aryl methyl sites for hydroxylation is 1. The van der Waals surface area contributed by atoms with Gasteiger partial charge in [-0.2, -0.15) is 0 Å². The van der Waals surface area contributed by atoms with Crippen molar-refractivity contribution >= 4 is 5.78 Å². The lowest BCUT2D eigenvalue weighted by atomic mass is 9.99. The molecule has 2 N–H and O–H groups in total. The third-order valence-electron chi connectivity index (χ3n) is 2.66. The average Bonchev–Trinajstić information content (AvgIpc) is 2.26. The van der Waals surface area contributed by atoms with Crippen LogP contribution in [0.15, 0.2) is 24.3 Å². The Balaban J connectivity index is 2.64. The second kappa shape index (κ2) is 5.80. The summed E-state index contributed by atoms with van der Waals surface area (Å²) in [5.41, 5.74) is 7.55. The van der Waals surface area contributed by atoms with Crippen molar-refractivity contribution in [2.75, 3.05) is 0 Å². The number of nitrogens with two attached hydrogens (primary N) is 1. The molecule has 1 aromatic carbocycles. The molecule has 0 fully saturated rings. The second-order valence-electron chi connectivity index (χ2n) is 4.78. The first-order valence-corrected chi connectivity index (χ1v) is 5.89. The summed E-state index contributed by atoms with van der Waals surface area (Å²) in [5, 5.41) is 0. The molecule has 2 heteroatoms. The van der Waals surface area contributed by atoms with Crippen molar-refractivity contribution in [3.8, 4) is 0 Å². The Bertz CT molecular complexity index is 338. The summed E-state index contributed by atoms with van der Waals surface area (Å²) in [6, 6.07) is 7.39. The van der Waals surface area contributed by atoms with Gasteiger partial charge in [0.15, 0.2) is 5.78 Å². The molecule has 16 heavy (non-hydrogen) atoms. The van der Waals surface area contributed by atoms with Crippen LogP contribution >= 0.6 is 0 Å². The van der Waals surface area contributed by atoms with E-state index in [0.717, 1.165) is 6.42 Å². The average molecular weight is 219 g/mol. The lowest BCUT2D eigenvalue weighted by Crippen LogP contribution is -2.26. The summed E-state index contributed by atoms with van der Waals surface area (Å²) in [5.74, 6) is 0.723. The molecule has 1 aromatic rings. The molecule has 1 rings (SSSR count). The number of carbonyl (C=O) groups is 1. The van der Waals surface area contributed by atoms with Gasteiger partial charge >= 0.3 is 0 Å². The number of rotatable bonds is 5. The summed E-state index contributed by atoms with van der Waals surface area (Å²) in [6.45, 7) is 6.15. The highest BCUT2D eigenvalue weighted by Gasteiger charge is 2.09. The molecule has 0 radical (unpaired) electrons. The Labute approximate surface area is 97.9 Å². The largest absolute Gasteiger partial charge is 0.321 e. The van der Waals surface area contributed by atoms with Crippen LogP contribution in [0, 0.1) is 5.92 Å². The van der Waals surface area contributed by atoms with Crippen LogP contribution in [0.2, 0.25) is 0 Å². The lowest BCUT2D eigenvalue weighted by Gasteiger charge is -2.07. The molecule has 0 aromatic heterocycles. The Morgan fingerprint density at radius 3 is 2.19 bits per heavy atom. The Morgan fingerprint density at radius 1 is 1.19 bits per heavy atom. The van der Waals surface area contributed by atoms with Gasteiger partial charge in [-0.3, -0.25) is 4.79 Å². The van der Waals surface area contributed by atoms with E-state index < -0.39 is 6.04 Å². The molecular weight excluding hydrogens is 198 g/mol. The van der Waals surface area contributed by atoms with Crippen molar-refractivity contribution in [1.29, 1.82) is 0 Å². The predicted octanol–water partition coefficient (Wildman–Crippen LogP) is 2.81.